The Balaban J connectivity index is 2.11. The minimum atomic E-state index is -3.50. The fourth-order valence-corrected chi connectivity index (χ4v) is 4.46. The van der Waals surface area contributed by atoms with E-state index in [4.69, 9.17) is 5.73 Å². The van der Waals surface area contributed by atoms with Crippen molar-refractivity contribution in [2.24, 2.45) is 5.92 Å². The molecule has 1 fully saturated rings. The van der Waals surface area contributed by atoms with Gasteiger partial charge in [0.2, 0.25) is 10.0 Å². The predicted octanol–water partition coefficient (Wildman–Crippen LogP) is 1.99. The molecule has 1 saturated heterocycles. The molecule has 0 bridgehead atoms. The third-order valence-corrected chi connectivity index (χ3v) is 6.01. The Hall–Kier alpha value is -0.630. The first-order chi connectivity index (χ1) is 9.80. The summed E-state index contributed by atoms with van der Waals surface area (Å²) in [5, 5.41) is 0. The SMILES string of the molecule is CC(C)CN1CCN(S(=O)(=O)c2ccc(Br)cc2N)CC1. The van der Waals surface area contributed by atoms with E-state index in [1.807, 2.05) is 0 Å². The first-order valence-corrected chi connectivity index (χ1v) is 9.31. The zero-order valence-corrected chi connectivity index (χ0v) is 14.8. The predicted molar refractivity (Wildman–Crippen MR) is 88.6 cm³/mol. The van der Waals surface area contributed by atoms with Crippen molar-refractivity contribution < 1.29 is 8.42 Å². The summed E-state index contributed by atoms with van der Waals surface area (Å²) in [6.07, 6.45) is 0. The summed E-state index contributed by atoms with van der Waals surface area (Å²) in [5.41, 5.74) is 6.15. The van der Waals surface area contributed by atoms with Crippen LogP contribution in [-0.4, -0.2) is 50.3 Å². The van der Waals surface area contributed by atoms with Crippen molar-refractivity contribution in [3.05, 3.63) is 22.7 Å². The number of nitrogens with zero attached hydrogens (tertiary/aromatic N) is 2. The van der Waals surface area contributed by atoms with Crippen LogP contribution in [0.4, 0.5) is 5.69 Å². The molecule has 0 radical (unpaired) electrons. The number of hydrogen-bond donors (Lipinski definition) is 1. The van der Waals surface area contributed by atoms with Gasteiger partial charge in [-0.05, 0) is 24.1 Å². The van der Waals surface area contributed by atoms with Gasteiger partial charge in [0.25, 0.3) is 0 Å². The minimum absolute atomic E-state index is 0.197. The molecule has 118 valence electrons. The van der Waals surface area contributed by atoms with E-state index in [1.54, 1.807) is 18.2 Å². The average molecular weight is 376 g/mol. The second-order valence-corrected chi connectivity index (χ2v) is 8.60. The molecule has 7 heteroatoms. The summed E-state index contributed by atoms with van der Waals surface area (Å²) < 4.78 is 27.6. The van der Waals surface area contributed by atoms with E-state index in [2.05, 4.69) is 34.7 Å². The van der Waals surface area contributed by atoms with Crippen LogP contribution in [0.2, 0.25) is 0 Å². The maximum atomic E-state index is 12.7. The molecule has 0 amide bonds. The number of hydrogen-bond acceptors (Lipinski definition) is 4. The minimum Gasteiger partial charge on any atom is -0.398 e. The zero-order valence-electron chi connectivity index (χ0n) is 12.4. The van der Waals surface area contributed by atoms with Crippen molar-refractivity contribution in [2.45, 2.75) is 18.7 Å². The highest BCUT2D eigenvalue weighted by molar-refractivity contribution is 9.10. The molecule has 1 aliphatic rings. The second-order valence-electron chi connectivity index (χ2n) is 5.78. The maximum absolute atomic E-state index is 12.7. The van der Waals surface area contributed by atoms with E-state index in [1.165, 1.54) is 4.31 Å². The normalized spacial score (nSPS) is 18.3. The Labute approximate surface area is 135 Å². The van der Waals surface area contributed by atoms with Crippen LogP contribution in [0.1, 0.15) is 13.8 Å². The quantitative estimate of drug-likeness (QED) is 0.817. The number of halogens is 1. The molecule has 2 N–H and O–H groups in total. The van der Waals surface area contributed by atoms with E-state index < -0.39 is 10.0 Å². The van der Waals surface area contributed by atoms with Crippen molar-refractivity contribution >= 4 is 31.6 Å². The molecular weight excluding hydrogens is 354 g/mol. The summed E-state index contributed by atoms with van der Waals surface area (Å²) in [7, 11) is -3.50. The third-order valence-electron chi connectivity index (χ3n) is 3.54. The molecule has 0 unspecified atom stereocenters. The van der Waals surface area contributed by atoms with Gasteiger partial charge in [-0.25, -0.2) is 8.42 Å². The van der Waals surface area contributed by atoms with Crippen molar-refractivity contribution in [3.8, 4) is 0 Å². The third kappa shape index (κ3) is 3.97. The summed E-state index contributed by atoms with van der Waals surface area (Å²) >= 11 is 3.29. The van der Waals surface area contributed by atoms with Crippen LogP contribution in [0.25, 0.3) is 0 Å². The van der Waals surface area contributed by atoms with Crippen molar-refractivity contribution in [3.63, 3.8) is 0 Å². The number of benzene rings is 1. The van der Waals surface area contributed by atoms with Gasteiger partial charge in [0.05, 0.1) is 5.69 Å². The van der Waals surface area contributed by atoms with Gasteiger partial charge in [-0.1, -0.05) is 29.8 Å². The standard InChI is InChI=1S/C14H22BrN3O2S/c1-11(2)10-17-5-7-18(8-6-17)21(19,20)14-4-3-12(15)9-13(14)16/h3-4,9,11H,5-8,10,16H2,1-2H3. The van der Waals surface area contributed by atoms with Crippen molar-refractivity contribution in [1.29, 1.82) is 0 Å². The molecule has 1 aromatic carbocycles. The number of rotatable bonds is 4. The van der Waals surface area contributed by atoms with Gasteiger partial charge in [-0.2, -0.15) is 4.31 Å². The highest BCUT2D eigenvalue weighted by Gasteiger charge is 2.29. The highest BCUT2D eigenvalue weighted by atomic mass is 79.9. The monoisotopic (exact) mass is 375 g/mol. The van der Waals surface area contributed by atoms with Gasteiger partial charge in [0.15, 0.2) is 0 Å². The van der Waals surface area contributed by atoms with E-state index in [-0.39, 0.29) is 10.6 Å². The molecule has 1 heterocycles. The zero-order chi connectivity index (χ0) is 15.6. The molecule has 2 rings (SSSR count). The van der Waals surface area contributed by atoms with Crippen LogP contribution in [0.3, 0.4) is 0 Å². The number of sulfonamides is 1. The van der Waals surface area contributed by atoms with E-state index in [0.29, 0.717) is 19.0 Å². The molecule has 1 aromatic rings. The Morgan fingerprint density at radius 2 is 1.86 bits per heavy atom. The fraction of sp³-hybridized carbons (Fsp3) is 0.571. The Bertz CT molecular complexity index is 596. The van der Waals surface area contributed by atoms with Gasteiger partial charge in [0, 0.05) is 37.2 Å². The molecule has 1 aliphatic heterocycles. The Morgan fingerprint density at radius 1 is 1.24 bits per heavy atom. The summed E-state index contributed by atoms with van der Waals surface area (Å²) in [6, 6.07) is 4.90. The van der Waals surface area contributed by atoms with Crippen LogP contribution in [0, 0.1) is 5.92 Å². The van der Waals surface area contributed by atoms with E-state index in [9.17, 15) is 8.42 Å². The molecule has 5 nitrogen and oxygen atoms in total. The van der Waals surface area contributed by atoms with E-state index >= 15 is 0 Å². The maximum Gasteiger partial charge on any atom is 0.245 e. The lowest BCUT2D eigenvalue weighted by Gasteiger charge is -2.34. The number of piperazine rings is 1. The van der Waals surface area contributed by atoms with Crippen LogP contribution in [0.5, 0.6) is 0 Å². The van der Waals surface area contributed by atoms with Crippen LogP contribution >= 0.6 is 15.9 Å². The Morgan fingerprint density at radius 3 is 2.38 bits per heavy atom. The van der Waals surface area contributed by atoms with Gasteiger partial charge >= 0.3 is 0 Å². The highest BCUT2D eigenvalue weighted by Crippen LogP contribution is 2.26. The number of nitrogen functional groups attached to an aromatic ring is 1. The van der Waals surface area contributed by atoms with Gasteiger partial charge in [0.1, 0.15) is 4.90 Å². The molecular formula is C14H22BrN3O2S. The summed E-state index contributed by atoms with van der Waals surface area (Å²) in [6.45, 7) is 7.93. The number of nitrogens with two attached hydrogens (primary N) is 1. The van der Waals surface area contributed by atoms with Crippen LogP contribution in [0.15, 0.2) is 27.6 Å². The average Bonchev–Trinajstić information content (AvgIpc) is 2.38. The lowest BCUT2D eigenvalue weighted by atomic mass is 10.2. The van der Waals surface area contributed by atoms with Gasteiger partial charge < -0.3 is 10.6 Å². The molecule has 21 heavy (non-hydrogen) atoms. The van der Waals surface area contributed by atoms with Crippen LogP contribution in [-0.2, 0) is 10.0 Å². The first kappa shape index (κ1) is 16.7. The number of anilines is 1. The first-order valence-electron chi connectivity index (χ1n) is 7.08. The van der Waals surface area contributed by atoms with Crippen molar-refractivity contribution in [1.82, 2.24) is 9.21 Å². The molecule has 0 atom stereocenters. The summed E-state index contributed by atoms with van der Waals surface area (Å²) in [5.74, 6) is 0.593. The van der Waals surface area contributed by atoms with Gasteiger partial charge in [-0.3, -0.25) is 0 Å². The van der Waals surface area contributed by atoms with Crippen molar-refractivity contribution in [2.75, 3.05) is 38.5 Å². The molecule has 0 saturated carbocycles. The Kier molecular flexibility index (Phi) is 5.29. The lowest BCUT2D eigenvalue weighted by Crippen LogP contribution is -2.49. The molecule has 0 aromatic heterocycles. The van der Waals surface area contributed by atoms with Gasteiger partial charge in [-0.15, -0.1) is 0 Å². The lowest BCUT2D eigenvalue weighted by molar-refractivity contribution is 0.172. The molecule has 0 spiro atoms. The topological polar surface area (TPSA) is 66.6 Å². The summed E-state index contributed by atoms with van der Waals surface area (Å²) in [4.78, 5) is 2.50. The smallest absolute Gasteiger partial charge is 0.245 e. The molecule has 0 aliphatic carbocycles. The van der Waals surface area contributed by atoms with Crippen LogP contribution < -0.4 is 5.73 Å². The van der Waals surface area contributed by atoms with E-state index in [0.717, 1.165) is 24.1 Å². The second kappa shape index (κ2) is 6.64. The largest absolute Gasteiger partial charge is 0.398 e. The fourth-order valence-electron chi connectivity index (χ4n) is 2.56.